The summed E-state index contributed by atoms with van der Waals surface area (Å²) in [5.74, 6) is -0.527. The molecule has 1 N–H and O–H groups in total. The van der Waals surface area contributed by atoms with Crippen LogP contribution in [0.1, 0.15) is 27.2 Å². The summed E-state index contributed by atoms with van der Waals surface area (Å²) in [5, 5.41) is 2.45. The molecule has 94 valence electrons. The van der Waals surface area contributed by atoms with Gasteiger partial charge in [-0.15, -0.1) is 11.6 Å². The molecule has 0 aliphatic heterocycles. The first-order valence-electron chi connectivity index (χ1n) is 5.33. The molecule has 0 aromatic rings. The van der Waals surface area contributed by atoms with Gasteiger partial charge in [0.2, 0.25) is 11.8 Å². The van der Waals surface area contributed by atoms with Crippen LogP contribution in [-0.4, -0.2) is 42.7 Å². The first kappa shape index (κ1) is 15.2. The molecule has 0 saturated heterocycles. The maximum absolute atomic E-state index is 11.5. The number of hydrogen-bond acceptors (Lipinski definition) is 2. The lowest BCUT2D eigenvalue weighted by molar-refractivity contribution is -0.131. The third-order valence-corrected chi connectivity index (χ3v) is 2.42. The lowest BCUT2D eigenvalue weighted by Gasteiger charge is -2.23. The predicted molar refractivity (Wildman–Crippen MR) is 65.4 cm³/mol. The molecule has 0 spiro atoms. The van der Waals surface area contributed by atoms with Crippen LogP contribution in [0, 0.1) is 5.41 Å². The normalized spacial score (nSPS) is 11.1. The fourth-order valence-corrected chi connectivity index (χ4v) is 1.08. The van der Waals surface area contributed by atoms with Gasteiger partial charge in [-0.3, -0.25) is 9.59 Å². The van der Waals surface area contributed by atoms with E-state index in [1.807, 2.05) is 0 Å². The summed E-state index contributed by atoms with van der Waals surface area (Å²) < 4.78 is 0. The van der Waals surface area contributed by atoms with Crippen molar-refractivity contribution < 1.29 is 9.59 Å². The minimum Gasteiger partial charge on any atom is -0.346 e. The van der Waals surface area contributed by atoms with Crippen molar-refractivity contribution in [2.24, 2.45) is 5.41 Å². The highest BCUT2D eigenvalue weighted by Crippen LogP contribution is 2.18. The van der Waals surface area contributed by atoms with Crippen LogP contribution < -0.4 is 5.32 Å². The van der Waals surface area contributed by atoms with Crippen LogP contribution >= 0.6 is 11.6 Å². The Kier molecular flexibility index (Phi) is 6.41. The van der Waals surface area contributed by atoms with Crippen LogP contribution in [0.4, 0.5) is 0 Å². The SMILES string of the molecule is CN(CCC(C)(C)C)C(=O)CNC(=O)CCl. The molecular weight excluding hydrogens is 228 g/mol. The van der Waals surface area contributed by atoms with Gasteiger partial charge in [-0.1, -0.05) is 20.8 Å². The van der Waals surface area contributed by atoms with E-state index in [2.05, 4.69) is 26.1 Å². The van der Waals surface area contributed by atoms with E-state index in [1.54, 1.807) is 11.9 Å². The standard InChI is InChI=1S/C11H21ClN2O2/c1-11(2,3)5-6-14(4)10(16)8-13-9(15)7-12/h5-8H2,1-4H3,(H,13,15). The van der Waals surface area contributed by atoms with Crippen LogP contribution in [-0.2, 0) is 9.59 Å². The quantitative estimate of drug-likeness (QED) is 0.745. The summed E-state index contributed by atoms with van der Waals surface area (Å²) in [7, 11) is 1.74. The van der Waals surface area contributed by atoms with Gasteiger partial charge in [0, 0.05) is 13.6 Å². The maximum Gasteiger partial charge on any atom is 0.241 e. The monoisotopic (exact) mass is 248 g/mol. The van der Waals surface area contributed by atoms with Crippen LogP contribution in [0.3, 0.4) is 0 Å². The molecule has 2 amide bonds. The molecule has 0 fully saturated rings. The van der Waals surface area contributed by atoms with Gasteiger partial charge in [-0.25, -0.2) is 0 Å². The maximum atomic E-state index is 11.5. The van der Waals surface area contributed by atoms with Gasteiger partial charge >= 0.3 is 0 Å². The third-order valence-electron chi connectivity index (χ3n) is 2.18. The molecule has 0 aromatic heterocycles. The number of carbonyl (C=O) groups excluding carboxylic acids is 2. The molecule has 0 bridgehead atoms. The number of likely N-dealkylation sites (N-methyl/N-ethyl adjacent to an activating group) is 1. The minimum atomic E-state index is -0.320. The minimum absolute atomic E-state index is 0.0200. The number of hydrogen-bond donors (Lipinski definition) is 1. The number of amides is 2. The molecule has 0 aromatic carbocycles. The molecule has 0 aliphatic carbocycles. The van der Waals surface area contributed by atoms with E-state index >= 15 is 0 Å². The molecule has 0 unspecified atom stereocenters. The zero-order valence-electron chi connectivity index (χ0n) is 10.5. The molecule has 0 atom stereocenters. The average molecular weight is 249 g/mol. The van der Waals surface area contributed by atoms with Crippen LogP contribution in [0.15, 0.2) is 0 Å². The number of nitrogens with zero attached hydrogens (tertiary/aromatic N) is 1. The van der Waals surface area contributed by atoms with Crippen molar-refractivity contribution in [1.82, 2.24) is 10.2 Å². The first-order valence-corrected chi connectivity index (χ1v) is 5.86. The Morgan fingerprint density at radius 3 is 2.31 bits per heavy atom. The van der Waals surface area contributed by atoms with Gasteiger partial charge in [-0.05, 0) is 11.8 Å². The highest BCUT2D eigenvalue weighted by atomic mass is 35.5. The molecule has 0 aliphatic rings. The van der Waals surface area contributed by atoms with Gasteiger partial charge in [0.25, 0.3) is 0 Å². The van der Waals surface area contributed by atoms with E-state index in [9.17, 15) is 9.59 Å². The first-order chi connectivity index (χ1) is 7.26. The zero-order valence-corrected chi connectivity index (χ0v) is 11.2. The van der Waals surface area contributed by atoms with E-state index in [1.165, 1.54) is 0 Å². The number of alkyl halides is 1. The second-order valence-corrected chi connectivity index (χ2v) is 5.30. The van der Waals surface area contributed by atoms with Gasteiger partial charge in [-0.2, -0.15) is 0 Å². The van der Waals surface area contributed by atoms with Gasteiger partial charge < -0.3 is 10.2 Å². The molecular formula is C11H21ClN2O2. The summed E-state index contributed by atoms with van der Waals surface area (Å²) in [6.45, 7) is 7.09. The zero-order chi connectivity index (χ0) is 12.8. The number of rotatable bonds is 5. The second kappa shape index (κ2) is 6.74. The van der Waals surface area contributed by atoms with Gasteiger partial charge in [0.15, 0.2) is 0 Å². The van der Waals surface area contributed by atoms with Crippen LogP contribution in [0.25, 0.3) is 0 Å². The Bertz CT molecular complexity index is 249. The fraction of sp³-hybridized carbons (Fsp3) is 0.818. The van der Waals surface area contributed by atoms with Crippen molar-refractivity contribution >= 4 is 23.4 Å². The third kappa shape index (κ3) is 7.51. The largest absolute Gasteiger partial charge is 0.346 e. The van der Waals surface area contributed by atoms with E-state index in [-0.39, 0.29) is 29.7 Å². The Morgan fingerprint density at radius 1 is 1.31 bits per heavy atom. The van der Waals surface area contributed by atoms with Crippen LogP contribution in [0.2, 0.25) is 0 Å². The number of nitrogens with one attached hydrogen (secondary N) is 1. The van der Waals surface area contributed by atoms with Crippen molar-refractivity contribution in [1.29, 1.82) is 0 Å². The highest BCUT2D eigenvalue weighted by molar-refractivity contribution is 6.27. The molecule has 0 radical (unpaired) electrons. The lowest BCUT2D eigenvalue weighted by atomic mass is 9.92. The van der Waals surface area contributed by atoms with Crippen LogP contribution in [0.5, 0.6) is 0 Å². The second-order valence-electron chi connectivity index (χ2n) is 5.04. The topological polar surface area (TPSA) is 49.4 Å². The summed E-state index contributed by atoms with van der Waals surface area (Å²) in [4.78, 5) is 24.0. The Labute approximate surface area is 102 Å². The van der Waals surface area contributed by atoms with Crippen molar-refractivity contribution in [3.05, 3.63) is 0 Å². The smallest absolute Gasteiger partial charge is 0.241 e. The molecule has 0 rings (SSSR count). The molecule has 16 heavy (non-hydrogen) atoms. The highest BCUT2D eigenvalue weighted by Gasteiger charge is 2.14. The molecule has 0 heterocycles. The van der Waals surface area contributed by atoms with Crippen molar-refractivity contribution in [2.45, 2.75) is 27.2 Å². The van der Waals surface area contributed by atoms with Gasteiger partial charge in [0.1, 0.15) is 5.88 Å². The van der Waals surface area contributed by atoms with Gasteiger partial charge in [0.05, 0.1) is 6.54 Å². The van der Waals surface area contributed by atoms with E-state index in [0.29, 0.717) is 6.54 Å². The summed E-state index contributed by atoms with van der Waals surface area (Å²) in [6.07, 6.45) is 0.929. The van der Waals surface area contributed by atoms with Crippen molar-refractivity contribution in [3.63, 3.8) is 0 Å². The Balaban J connectivity index is 3.86. The Morgan fingerprint density at radius 2 is 1.88 bits per heavy atom. The lowest BCUT2D eigenvalue weighted by Crippen LogP contribution is -2.39. The number of carbonyl (C=O) groups is 2. The predicted octanol–water partition coefficient (Wildman–Crippen LogP) is 1.24. The van der Waals surface area contributed by atoms with E-state index < -0.39 is 0 Å². The van der Waals surface area contributed by atoms with Crippen molar-refractivity contribution in [2.75, 3.05) is 26.0 Å². The fourth-order valence-electron chi connectivity index (χ4n) is 0.984. The molecule has 0 saturated carbocycles. The van der Waals surface area contributed by atoms with Crippen molar-refractivity contribution in [3.8, 4) is 0 Å². The average Bonchev–Trinajstić information content (AvgIpc) is 2.20. The summed E-state index contributed by atoms with van der Waals surface area (Å²) in [6, 6.07) is 0. The summed E-state index contributed by atoms with van der Waals surface area (Å²) in [5.41, 5.74) is 0.202. The molecule has 5 heteroatoms. The van der Waals surface area contributed by atoms with E-state index in [0.717, 1.165) is 6.42 Å². The van der Waals surface area contributed by atoms with E-state index in [4.69, 9.17) is 11.6 Å². The molecule has 4 nitrogen and oxygen atoms in total. The summed E-state index contributed by atoms with van der Waals surface area (Å²) >= 11 is 5.30. The number of halogens is 1. The Hall–Kier alpha value is -0.770.